The number of aromatic nitrogens is 5. The van der Waals surface area contributed by atoms with Gasteiger partial charge in [0.25, 0.3) is 0 Å². The maximum absolute atomic E-state index is 12.5. The lowest BCUT2D eigenvalue weighted by molar-refractivity contribution is -0.131. The van der Waals surface area contributed by atoms with Crippen LogP contribution in [0.5, 0.6) is 0 Å². The van der Waals surface area contributed by atoms with Gasteiger partial charge in [-0.1, -0.05) is 6.42 Å². The number of pyridine rings is 2. The van der Waals surface area contributed by atoms with Gasteiger partial charge in [-0.15, -0.1) is 10.2 Å². The van der Waals surface area contributed by atoms with Gasteiger partial charge in [-0.05, 0) is 48.9 Å². The molecule has 4 rings (SSSR count). The summed E-state index contributed by atoms with van der Waals surface area (Å²) in [5.74, 6) is 0.805. The summed E-state index contributed by atoms with van der Waals surface area (Å²) in [6.07, 6.45) is 8.63. The molecule has 0 saturated carbocycles. The van der Waals surface area contributed by atoms with Crippen LogP contribution in [0.15, 0.2) is 53.0 Å². The maximum Gasteiger partial charge on any atom is 0.222 e. The molecule has 0 unspecified atom stereocenters. The second kappa shape index (κ2) is 8.84. The third-order valence-electron chi connectivity index (χ3n) is 4.69. The molecule has 0 radical (unpaired) electrons. The fourth-order valence-corrected chi connectivity index (χ4v) is 4.13. The second-order valence-electron chi connectivity index (χ2n) is 6.64. The molecule has 0 bridgehead atoms. The summed E-state index contributed by atoms with van der Waals surface area (Å²) in [5.41, 5.74) is 1.27. The van der Waals surface area contributed by atoms with Gasteiger partial charge in [0.05, 0.1) is 24.0 Å². The van der Waals surface area contributed by atoms with Crippen molar-refractivity contribution < 1.29 is 4.79 Å². The summed E-state index contributed by atoms with van der Waals surface area (Å²) in [6.45, 7) is 1.11. The van der Waals surface area contributed by atoms with Crippen molar-refractivity contribution in [3.63, 3.8) is 0 Å². The van der Waals surface area contributed by atoms with Crippen LogP contribution in [0.1, 0.15) is 37.1 Å². The Morgan fingerprint density at radius 1 is 1.14 bits per heavy atom. The molecule has 146 valence electrons. The predicted octanol–water partition coefficient (Wildman–Crippen LogP) is 2.98. The molecule has 1 amide bonds. The molecular weight excluding hydrogens is 386 g/mol. The van der Waals surface area contributed by atoms with Gasteiger partial charge in [-0.2, -0.15) is 5.26 Å². The first-order chi connectivity index (χ1) is 14.3. The largest absolute Gasteiger partial charge is 0.335 e. The molecule has 0 aromatic carbocycles. The number of hydrogen-bond acceptors (Lipinski definition) is 7. The van der Waals surface area contributed by atoms with Gasteiger partial charge in [0.1, 0.15) is 11.1 Å². The molecule has 0 aliphatic carbocycles. The number of carbonyl (C=O) groups is 1. The molecule has 0 spiro atoms. The zero-order chi connectivity index (χ0) is 20.1. The summed E-state index contributed by atoms with van der Waals surface area (Å²) in [4.78, 5) is 22.8. The van der Waals surface area contributed by atoms with Crippen molar-refractivity contribution in [1.29, 1.82) is 5.26 Å². The molecule has 1 aliphatic rings. The van der Waals surface area contributed by atoms with Crippen LogP contribution in [0.4, 0.5) is 0 Å². The van der Waals surface area contributed by atoms with Gasteiger partial charge in [0, 0.05) is 25.4 Å². The van der Waals surface area contributed by atoms with Crippen LogP contribution in [0.2, 0.25) is 0 Å². The first-order valence-electron chi connectivity index (χ1n) is 9.41. The Hall–Kier alpha value is -3.25. The van der Waals surface area contributed by atoms with Crippen LogP contribution >= 0.6 is 11.8 Å². The smallest absolute Gasteiger partial charge is 0.222 e. The lowest BCUT2D eigenvalue weighted by Crippen LogP contribution is -2.31. The summed E-state index contributed by atoms with van der Waals surface area (Å²) < 4.78 is 1.88. The average Bonchev–Trinajstić information content (AvgIpc) is 3.03. The van der Waals surface area contributed by atoms with E-state index in [-0.39, 0.29) is 5.91 Å². The fraction of sp³-hybridized carbons (Fsp3) is 0.300. The molecule has 1 saturated heterocycles. The molecule has 0 atom stereocenters. The van der Waals surface area contributed by atoms with Crippen molar-refractivity contribution >= 4 is 17.7 Å². The normalized spacial score (nSPS) is 14.4. The number of nitriles is 1. The van der Waals surface area contributed by atoms with Crippen LogP contribution in [-0.2, 0) is 11.3 Å². The van der Waals surface area contributed by atoms with Crippen molar-refractivity contribution in [2.24, 2.45) is 0 Å². The Labute approximate surface area is 172 Å². The zero-order valence-corrected chi connectivity index (χ0v) is 16.5. The number of hydrogen-bond donors (Lipinski definition) is 0. The Bertz CT molecular complexity index is 1040. The fourth-order valence-electron chi connectivity index (χ4n) is 3.23. The van der Waals surface area contributed by atoms with E-state index in [1.807, 2.05) is 21.6 Å². The number of rotatable bonds is 5. The molecule has 8 nitrogen and oxygen atoms in total. The lowest BCUT2D eigenvalue weighted by Gasteiger charge is -2.20. The van der Waals surface area contributed by atoms with E-state index in [1.54, 1.807) is 30.7 Å². The molecular formula is C20H19N7OS. The minimum absolute atomic E-state index is 0.147. The number of amides is 1. The van der Waals surface area contributed by atoms with Gasteiger partial charge < -0.3 is 4.90 Å². The maximum atomic E-state index is 12.5. The Balaban J connectivity index is 1.71. The molecule has 0 N–H and O–H groups in total. The molecule has 9 heteroatoms. The van der Waals surface area contributed by atoms with Crippen molar-refractivity contribution in [3.05, 3.63) is 54.2 Å². The van der Waals surface area contributed by atoms with Gasteiger partial charge in [0.15, 0.2) is 5.82 Å². The van der Waals surface area contributed by atoms with Crippen LogP contribution in [0.25, 0.3) is 5.69 Å². The summed E-state index contributed by atoms with van der Waals surface area (Å²) >= 11 is 1.27. The van der Waals surface area contributed by atoms with Gasteiger partial charge in [0.2, 0.25) is 11.1 Å². The van der Waals surface area contributed by atoms with E-state index >= 15 is 0 Å². The van der Waals surface area contributed by atoms with E-state index in [4.69, 9.17) is 0 Å². The topological polar surface area (TPSA) is 101 Å². The van der Waals surface area contributed by atoms with Crippen LogP contribution in [0, 0.1) is 11.3 Å². The summed E-state index contributed by atoms with van der Waals surface area (Å²) in [5, 5.41) is 19.2. The first kappa shape index (κ1) is 19.1. The van der Waals surface area contributed by atoms with Gasteiger partial charge in [-0.25, -0.2) is 4.98 Å². The van der Waals surface area contributed by atoms with Crippen molar-refractivity contribution in [3.8, 4) is 11.8 Å². The molecule has 3 aromatic heterocycles. The third-order valence-corrected chi connectivity index (χ3v) is 5.65. The highest BCUT2D eigenvalue weighted by Gasteiger charge is 2.22. The number of carbonyl (C=O) groups excluding carboxylic acids is 1. The van der Waals surface area contributed by atoms with E-state index in [0.29, 0.717) is 34.5 Å². The summed E-state index contributed by atoms with van der Waals surface area (Å²) in [6, 6.07) is 9.35. The van der Waals surface area contributed by atoms with Crippen molar-refractivity contribution in [2.45, 2.75) is 42.4 Å². The van der Waals surface area contributed by atoms with E-state index in [0.717, 1.165) is 31.5 Å². The molecule has 1 aliphatic heterocycles. The number of likely N-dealkylation sites (tertiary alicyclic amines) is 1. The van der Waals surface area contributed by atoms with E-state index in [2.05, 4.69) is 26.2 Å². The molecule has 29 heavy (non-hydrogen) atoms. The van der Waals surface area contributed by atoms with Crippen LogP contribution < -0.4 is 0 Å². The zero-order valence-electron chi connectivity index (χ0n) is 15.7. The Morgan fingerprint density at radius 2 is 2.03 bits per heavy atom. The van der Waals surface area contributed by atoms with Crippen LogP contribution in [0.3, 0.4) is 0 Å². The highest BCUT2D eigenvalue weighted by molar-refractivity contribution is 7.99. The second-order valence-corrected chi connectivity index (χ2v) is 7.60. The van der Waals surface area contributed by atoms with E-state index in [9.17, 15) is 10.1 Å². The standard InChI is InChI=1S/C20H19N7OS/c21-12-15-6-4-10-23-19(15)29-20-25-24-17(27(20)16-7-5-9-22-13-16)14-26-11-3-1-2-8-18(26)28/h4-7,9-10,13H,1-3,8,11,14H2. The average molecular weight is 405 g/mol. The van der Waals surface area contributed by atoms with Crippen molar-refractivity contribution in [2.75, 3.05) is 6.54 Å². The number of nitrogens with zero attached hydrogens (tertiary/aromatic N) is 7. The molecule has 1 fully saturated rings. The van der Waals surface area contributed by atoms with Crippen molar-refractivity contribution in [1.82, 2.24) is 29.6 Å². The monoisotopic (exact) mass is 405 g/mol. The highest BCUT2D eigenvalue weighted by Crippen LogP contribution is 2.30. The minimum atomic E-state index is 0.147. The quantitative estimate of drug-likeness (QED) is 0.643. The molecule has 4 heterocycles. The van der Waals surface area contributed by atoms with E-state index < -0.39 is 0 Å². The third kappa shape index (κ3) is 4.27. The van der Waals surface area contributed by atoms with E-state index in [1.165, 1.54) is 11.8 Å². The highest BCUT2D eigenvalue weighted by atomic mass is 32.2. The lowest BCUT2D eigenvalue weighted by atomic mass is 10.2. The molecule has 3 aromatic rings. The minimum Gasteiger partial charge on any atom is -0.335 e. The Kier molecular flexibility index (Phi) is 5.81. The predicted molar refractivity (Wildman–Crippen MR) is 106 cm³/mol. The Morgan fingerprint density at radius 3 is 2.86 bits per heavy atom. The summed E-state index contributed by atoms with van der Waals surface area (Å²) in [7, 11) is 0. The first-order valence-corrected chi connectivity index (χ1v) is 10.2. The van der Waals surface area contributed by atoms with Crippen LogP contribution in [-0.4, -0.2) is 42.1 Å². The van der Waals surface area contributed by atoms with Gasteiger partial charge >= 0.3 is 0 Å². The SMILES string of the molecule is N#Cc1cccnc1Sc1nnc(CN2CCCCCC2=O)n1-c1cccnc1. The van der Waals surface area contributed by atoms with Gasteiger partial charge in [-0.3, -0.25) is 14.3 Å².